The molecule has 0 aliphatic carbocycles. The van der Waals surface area contributed by atoms with Gasteiger partial charge in [-0.3, -0.25) is 14.7 Å². The molecule has 0 N–H and O–H groups in total. The Bertz CT molecular complexity index is 746. The lowest BCUT2D eigenvalue weighted by Crippen LogP contribution is -2.27. The van der Waals surface area contributed by atoms with E-state index in [0.29, 0.717) is 19.9 Å². The second kappa shape index (κ2) is 5.97. The van der Waals surface area contributed by atoms with E-state index >= 15 is 0 Å². The van der Waals surface area contributed by atoms with Gasteiger partial charge in [0.15, 0.2) is 4.32 Å². The molecule has 104 valence electrons. The SMILES string of the molecule is O=C1/C(=C/c2ccncc2)SC(=S)N1c1cccc(Cl)c1. The zero-order chi connectivity index (χ0) is 14.8. The molecule has 6 heteroatoms. The minimum Gasteiger partial charge on any atom is -0.268 e. The van der Waals surface area contributed by atoms with Gasteiger partial charge in [-0.25, -0.2) is 0 Å². The number of rotatable bonds is 2. The van der Waals surface area contributed by atoms with Gasteiger partial charge in [-0.15, -0.1) is 0 Å². The number of hydrogen-bond acceptors (Lipinski definition) is 4. The Labute approximate surface area is 136 Å². The summed E-state index contributed by atoms with van der Waals surface area (Å²) in [6, 6.07) is 10.8. The molecule has 1 fully saturated rings. The second-order valence-corrected chi connectivity index (χ2v) is 6.39. The number of carbonyl (C=O) groups is 1. The smallest absolute Gasteiger partial charge is 0.268 e. The summed E-state index contributed by atoms with van der Waals surface area (Å²) in [6.07, 6.45) is 5.18. The van der Waals surface area contributed by atoms with Crippen molar-refractivity contribution < 1.29 is 4.79 Å². The van der Waals surface area contributed by atoms with Crippen molar-refractivity contribution in [3.05, 3.63) is 64.3 Å². The Kier molecular flexibility index (Phi) is 4.05. The van der Waals surface area contributed by atoms with E-state index < -0.39 is 0 Å². The van der Waals surface area contributed by atoms with E-state index in [0.717, 1.165) is 5.56 Å². The van der Waals surface area contributed by atoms with Crippen LogP contribution in [0.3, 0.4) is 0 Å². The molecule has 1 aromatic carbocycles. The summed E-state index contributed by atoms with van der Waals surface area (Å²) in [6.45, 7) is 0. The van der Waals surface area contributed by atoms with Crippen LogP contribution in [-0.4, -0.2) is 15.2 Å². The summed E-state index contributed by atoms with van der Waals surface area (Å²) in [7, 11) is 0. The molecule has 1 saturated heterocycles. The van der Waals surface area contributed by atoms with Crippen LogP contribution in [0.1, 0.15) is 5.56 Å². The van der Waals surface area contributed by atoms with Crippen molar-refractivity contribution >= 4 is 57.6 Å². The highest BCUT2D eigenvalue weighted by Gasteiger charge is 2.33. The summed E-state index contributed by atoms with van der Waals surface area (Å²) < 4.78 is 0.502. The molecule has 21 heavy (non-hydrogen) atoms. The molecule has 2 aromatic rings. The van der Waals surface area contributed by atoms with Gasteiger partial charge in [0.05, 0.1) is 10.6 Å². The molecule has 1 aliphatic rings. The Morgan fingerprint density at radius 2 is 2.00 bits per heavy atom. The third kappa shape index (κ3) is 3.00. The van der Waals surface area contributed by atoms with E-state index in [2.05, 4.69) is 4.98 Å². The summed E-state index contributed by atoms with van der Waals surface area (Å²) in [5.41, 5.74) is 1.60. The maximum Gasteiger partial charge on any atom is 0.270 e. The molecule has 0 saturated carbocycles. The Balaban J connectivity index is 1.94. The Morgan fingerprint density at radius 1 is 1.24 bits per heavy atom. The van der Waals surface area contributed by atoms with E-state index in [-0.39, 0.29) is 5.91 Å². The molecule has 0 bridgehead atoms. The first kappa shape index (κ1) is 14.3. The molecule has 1 aromatic heterocycles. The van der Waals surface area contributed by atoms with Crippen molar-refractivity contribution in [1.29, 1.82) is 0 Å². The first-order valence-corrected chi connectivity index (χ1v) is 7.69. The number of pyridine rings is 1. The van der Waals surface area contributed by atoms with E-state index in [1.165, 1.54) is 16.7 Å². The zero-order valence-corrected chi connectivity index (χ0v) is 13.1. The van der Waals surface area contributed by atoms with Gasteiger partial charge in [-0.05, 0) is 42.0 Å². The summed E-state index contributed by atoms with van der Waals surface area (Å²) in [4.78, 5) is 18.6. The number of aromatic nitrogens is 1. The predicted molar refractivity (Wildman–Crippen MR) is 91.3 cm³/mol. The first-order valence-electron chi connectivity index (χ1n) is 6.09. The van der Waals surface area contributed by atoms with Gasteiger partial charge in [0, 0.05) is 17.4 Å². The quantitative estimate of drug-likeness (QED) is 0.611. The van der Waals surface area contributed by atoms with Crippen molar-refractivity contribution in [3.8, 4) is 0 Å². The summed E-state index contributed by atoms with van der Waals surface area (Å²) in [5.74, 6) is -0.135. The molecule has 3 nitrogen and oxygen atoms in total. The van der Waals surface area contributed by atoms with Gasteiger partial charge in [0.2, 0.25) is 0 Å². The molecule has 3 rings (SSSR count). The van der Waals surface area contributed by atoms with E-state index in [4.69, 9.17) is 23.8 Å². The normalized spacial score (nSPS) is 16.8. The minimum absolute atomic E-state index is 0.135. The van der Waals surface area contributed by atoms with Gasteiger partial charge in [0.1, 0.15) is 0 Å². The number of hydrogen-bond donors (Lipinski definition) is 0. The van der Waals surface area contributed by atoms with Crippen LogP contribution >= 0.6 is 35.6 Å². The fourth-order valence-corrected chi connectivity index (χ4v) is 3.40. The first-order chi connectivity index (χ1) is 10.1. The Morgan fingerprint density at radius 3 is 2.71 bits per heavy atom. The van der Waals surface area contributed by atoms with Crippen LogP contribution < -0.4 is 4.90 Å². The van der Waals surface area contributed by atoms with Crippen LogP contribution in [0.2, 0.25) is 5.02 Å². The number of anilines is 1. The lowest BCUT2D eigenvalue weighted by atomic mass is 10.2. The van der Waals surface area contributed by atoms with Gasteiger partial charge in [0.25, 0.3) is 5.91 Å². The van der Waals surface area contributed by atoms with Crippen molar-refractivity contribution in [2.45, 2.75) is 0 Å². The molecular formula is C15H9ClN2OS2. The number of halogens is 1. The van der Waals surface area contributed by atoms with Crippen molar-refractivity contribution in [2.24, 2.45) is 0 Å². The molecule has 0 radical (unpaired) electrons. The number of benzene rings is 1. The highest BCUT2D eigenvalue weighted by atomic mass is 35.5. The molecule has 0 atom stereocenters. The van der Waals surface area contributed by atoms with Gasteiger partial charge >= 0.3 is 0 Å². The average Bonchev–Trinajstić information content (AvgIpc) is 2.74. The van der Waals surface area contributed by atoms with Crippen LogP contribution in [-0.2, 0) is 4.79 Å². The van der Waals surface area contributed by atoms with Crippen molar-refractivity contribution in [3.63, 3.8) is 0 Å². The van der Waals surface area contributed by atoms with E-state index in [1.807, 2.05) is 24.3 Å². The number of amides is 1. The highest BCUT2D eigenvalue weighted by molar-refractivity contribution is 8.27. The maximum atomic E-state index is 12.5. The van der Waals surface area contributed by atoms with Crippen LogP contribution in [0, 0.1) is 0 Å². The zero-order valence-electron chi connectivity index (χ0n) is 10.7. The summed E-state index contributed by atoms with van der Waals surface area (Å²) in [5, 5.41) is 0.569. The van der Waals surface area contributed by atoms with Crippen molar-refractivity contribution in [1.82, 2.24) is 4.98 Å². The van der Waals surface area contributed by atoms with Gasteiger partial charge in [-0.2, -0.15) is 0 Å². The minimum atomic E-state index is -0.135. The Hall–Kier alpha value is -1.69. The lowest BCUT2D eigenvalue weighted by molar-refractivity contribution is -0.113. The topological polar surface area (TPSA) is 33.2 Å². The maximum absolute atomic E-state index is 12.5. The van der Waals surface area contributed by atoms with Gasteiger partial charge in [-0.1, -0.05) is 41.6 Å². The fourth-order valence-electron chi connectivity index (χ4n) is 1.92. The van der Waals surface area contributed by atoms with Gasteiger partial charge < -0.3 is 0 Å². The van der Waals surface area contributed by atoms with Crippen LogP contribution in [0.25, 0.3) is 6.08 Å². The summed E-state index contributed by atoms with van der Waals surface area (Å²) >= 11 is 12.6. The molecule has 2 heterocycles. The molecule has 1 aliphatic heterocycles. The van der Waals surface area contributed by atoms with Crippen LogP contribution in [0.4, 0.5) is 5.69 Å². The second-order valence-electron chi connectivity index (χ2n) is 4.28. The number of carbonyl (C=O) groups excluding carboxylic acids is 1. The molecule has 0 unspecified atom stereocenters. The monoisotopic (exact) mass is 332 g/mol. The third-order valence-electron chi connectivity index (χ3n) is 2.86. The van der Waals surface area contributed by atoms with Crippen LogP contribution in [0.15, 0.2) is 53.7 Å². The largest absolute Gasteiger partial charge is 0.270 e. The van der Waals surface area contributed by atoms with E-state index in [9.17, 15) is 4.79 Å². The number of thiocarbonyl (C=S) groups is 1. The standard InChI is InChI=1S/C15H9ClN2OS2/c16-11-2-1-3-12(9-11)18-14(19)13(21-15(18)20)8-10-4-6-17-7-5-10/h1-9H/b13-8-. The van der Waals surface area contributed by atoms with E-state index in [1.54, 1.807) is 30.6 Å². The lowest BCUT2D eigenvalue weighted by Gasteiger charge is -2.14. The third-order valence-corrected chi connectivity index (χ3v) is 4.40. The highest BCUT2D eigenvalue weighted by Crippen LogP contribution is 2.36. The molecular weight excluding hydrogens is 324 g/mol. The average molecular weight is 333 g/mol. The number of thioether (sulfide) groups is 1. The van der Waals surface area contributed by atoms with Crippen molar-refractivity contribution in [2.75, 3.05) is 4.90 Å². The number of nitrogens with zero attached hydrogens (tertiary/aromatic N) is 2. The van der Waals surface area contributed by atoms with Crippen LogP contribution in [0.5, 0.6) is 0 Å². The fraction of sp³-hybridized carbons (Fsp3) is 0. The predicted octanol–water partition coefficient (Wildman–Crippen LogP) is 4.14. The molecule has 1 amide bonds. The molecule has 0 spiro atoms.